The first kappa shape index (κ1) is 13.3. The summed E-state index contributed by atoms with van der Waals surface area (Å²) in [6.45, 7) is 0.812. The third kappa shape index (κ3) is 5.20. The Balaban J connectivity index is 2.23. The molecule has 1 aliphatic rings. The van der Waals surface area contributed by atoms with Crippen LogP contribution in [0.2, 0.25) is 0 Å². The number of nitriles is 1. The molecule has 0 saturated heterocycles. The Morgan fingerprint density at radius 1 is 1.47 bits per heavy atom. The van der Waals surface area contributed by atoms with Gasteiger partial charge in [0.25, 0.3) is 0 Å². The fourth-order valence-corrected chi connectivity index (χ4v) is 1.54. The van der Waals surface area contributed by atoms with Crippen LogP contribution in [0.5, 0.6) is 0 Å². The normalized spacial score (nSPS) is 13.8. The maximum absolute atomic E-state index is 11.7. The topological polar surface area (TPSA) is 93.4 Å². The van der Waals surface area contributed by atoms with Crippen LogP contribution in [0.1, 0.15) is 32.1 Å². The first-order valence-electron chi connectivity index (χ1n) is 5.78. The minimum absolute atomic E-state index is 0.0574. The van der Waals surface area contributed by atoms with E-state index in [0.29, 0.717) is 25.9 Å². The Bertz CT molecular complexity index is 320. The van der Waals surface area contributed by atoms with E-state index in [4.69, 9.17) is 10.4 Å². The van der Waals surface area contributed by atoms with Gasteiger partial charge in [0, 0.05) is 25.6 Å². The number of nitrogens with one attached hydrogen (secondary N) is 1. The smallest absolute Gasteiger partial charge is 0.317 e. The summed E-state index contributed by atoms with van der Waals surface area (Å²) in [5.41, 5.74) is 0. The summed E-state index contributed by atoms with van der Waals surface area (Å²) in [6, 6.07) is 2.10. The highest BCUT2D eigenvalue weighted by Crippen LogP contribution is 2.26. The van der Waals surface area contributed by atoms with E-state index in [2.05, 4.69) is 5.32 Å². The number of aliphatic carboxylic acids is 1. The van der Waals surface area contributed by atoms with E-state index in [1.54, 1.807) is 4.90 Å². The standard InChI is InChI=1S/C11H17N3O3/c12-6-2-8-14(9-4-5-9)11(17)13-7-1-3-10(15)16/h9H,1-5,7-8H2,(H,13,17)(H,15,16). The molecule has 1 saturated carbocycles. The molecule has 0 aromatic carbocycles. The lowest BCUT2D eigenvalue weighted by molar-refractivity contribution is -0.137. The van der Waals surface area contributed by atoms with Crippen LogP contribution in [0, 0.1) is 11.3 Å². The highest BCUT2D eigenvalue weighted by molar-refractivity contribution is 5.75. The Labute approximate surface area is 100 Å². The van der Waals surface area contributed by atoms with Crippen molar-refractivity contribution in [2.45, 2.75) is 38.1 Å². The fraction of sp³-hybridized carbons (Fsp3) is 0.727. The zero-order valence-corrected chi connectivity index (χ0v) is 9.69. The van der Waals surface area contributed by atoms with Crippen LogP contribution in [0.3, 0.4) is 0 Å². The lowest BCUT2D eigenvalue weighted by Crippen LogP contribution is -2.42. The van der Waals surface area contributed by atoms with Crippen molar-refractivity contribution in [3.63, 3.8) is 0 Å². The number of nitrogens with zero attached hydrogens (tertiary/aromatic N) is 2. The monoisotopic (exact) mass is 239 g/mol. The Morgan fingerprint density at radius 3 is 2.71 bits per heavy atom. The molecular weight excluding hydrogens is 222 g/mol. The maximum atomic E-state index is 11.7. The number of urea groups is 1. The van der Waals surface area contributed by atoms with E-state index in [9.17, 15) is 9.59 Å². The molecule has 0 aromatic heterocycles. The first-order valence-corrected chi connectivity index (χ1v) is 5.78. The van der Waals surface area contributed by atoms with Crippen LogP contribution in [0.15, 0.2) is 0 Å². The van der Waals surface area contributed by atoms with Crippen molar-refractivity contribution in [2.75, 3.05) is 13.1 Å². The van der Waals surface area contributed by atoms with Crippen LogP contribution in [0.25, 0.3) is 0 Å². The number of carboxylic acids is 1. The Morgan fingerprint density at radius 2 is 2.18 bits per heavy atom. The van der Waals surface area contributed by atoms with E-state index in [-0.39, 0.29) is 18.5 Å². The molecule has 2 N–H and O–H groups in total. The zero-order chi connectivity index (χ0) is 12.7. The molecule has 0 heterocycles. The number of hydrogen-bond donors (Lipinski definition) is 2. The van der Waals surface area contributed by atoms with Gasteiger partial charge >= 0.3 is 12.0 Å². The van der Waals surface area contributed by atoms with Gasteiger partial charge in [-0.15, -0.1) is 0 Å². The molecule has 0 atom stereocenters. The van der Waals surface area contributed by atoms with Crippen molar-refractivity contribution in [1.82, 2.24) is 10.2 Å². The number of carbonyl (C=O) groups excluding carboxylic acids is 1. The van der Waals surface area contributed by atoms with E-state index in [1.165, 1.54) is 0 Å². The van der Waals surface area contributed by atoms with Crippen molar-refractivity contribution in [3.8, 4) is 6.07 Å². The quantitative estimate of drug-likeness (QED) is 0.646. The molecule has 0 aromatic rings. The molecule has 0 aliphatic heterocycles. The van der Waals surface area contributed by atoms with Gasteiger partial charge in [-0.2, -0.15) is 5.26 Å². The second-order valence-electron chi connectivity index (χ2n) is 4.06. The predicted molar refractivity (Wildman–Crippen MR) is 60.2 cm³/mol. The van der Waals surface area contributed by atoms with Gasteiger partial charge in [-0.05, 0) is 19.3 Å². The summed E-state index contributed by atoms with van der Waals surface area (Å²) < 4.78 is 0. The van der Waals surface area contributed by atoms with Crippen molar-refractivity contribution >= 4 is 12.0 Å². The molecule has 1 aliphatic carbocycles. The maximum Gasteiger partial charge on any atom is 0.317 e. The molecule has 0 spiro atoms. The molecule has 0 bridgehead atoms. The van der Waals surface area contributed by atoms with E-state index in [1.807, 2.05) is 6.07 Å². The number of carbonyl (C=O) groups is 2. The third-order valence-electron chi connectivity index (χ3n) is 2.56. The molecule has 0 radical (unpaired) electrons. The Hall–Kier alpha value is -1.77. The average molecular weight is 239 g/mol. The molecule has 2 amide bonds. The van der Waals surface area contributed by atoms with E-state index >= 15 is 0 Å². The highest BCUT2D eigenvalue weighted by Gasteiger charge is 2.31. The third-order valence-corrected chi connectivity index (χ3v) is 2.56. The van der Waals surface area contributed by atoms with E-state index < -0.39 is 5.97 Å². The lowest BCUT2D eigenvalue weighted by atomic mass is 10.3. The average Bonchev–Trinajstić information content (AvgIpc) is 3.09. The van der Waals surface area contributed by atoms with Crippen molar-refractivity contribution in [1.29, 1.82) is 5.26 Å². The van der Waals surface area contributed by atoms with Crippen LogP contribution in [0.4, 0.5) is 4.79 Å². The molecule has 0 unspecified atom stereocenters. The lowest BCUT2D eigenvalue weighted by Gasteiger charge is -2.21. The van der Waals surface area contributed by atoms with Gasteiger partial charge in [-0.3, -0.25) is 4.79 Å². The summed E-state index contributed by atoms with van der Waals surface area (Å²) >= 11 is 0. The molecule has 1 rings (SSSR count). The van der Waals surface area contributed by atoms with Gasteiger partial charge in [0.05, 0.1) is 12.5 Å². The number of carboxylic acid groups (broad SMARTS) is 1. The molecule has 6 heteroatoms. The van der Waals surface area contributed by atoms with Gasteiger partial charge in [0.15, 0.2) is 0 Å². The van der Waals surface area contributed by atoms with Crippen molar-refractivity contribution in [3.05, 3.63) is 0 Å². The highest BCUT2D eigenvalue weighted by atomic mass is 16.4. The summed E-state index contributed by atoms with van der Waals surface area (Å²) in [5.74, 6) is -0.859. The van der Waals surface area contributed by atoms with Crippen LogP contribution in [-0.4, -0.2) is 41.1 Å². The van der Waals surface area contributed by atoms with Gasteiger partial charge in [0.1, 0.15) is 0 Å². The van der Waals surface area contributed by atoms with Gasteiger partial charge in [0.2, 0.25) is 0 Å². The number of amides is 2. The van der Waals surface area contributed by atoms with Crippen molar-refractivity contribution < 1.29 is 14.7 Å². The van der Waals surface area contributed by atoms with Crippen LogP contribution < -0.4 is 5.32 Å². The molecule has 6 nitrogen and oxygen atoms in total. The summed E-state index contributed by atoms with van der Waals surface area (Å²) in [5, 5.41) is 19.6. The van der Waals surface area contributed by atoms with E-state index in [0.717, 1.165) is 12.8 Å². The second-order valence-corrected chi connectivity index (χ2v) is 4.06. The Kier molecular flexibility index (Phi) is 5.27. The minimum Gasteiger partial charge on any atom is -0.481 e. The molecule has 17 heavy (non-hydrogen) atoms. The van der Waals surface area contributed by atoms with Gasteiger partial charge in [-0.1, -0.05) is 0 Å². The van der Waals surface area contributed by atoms with Gasteiger partial charge in [-0.25, -0.2) is 4.79 Å². The van der Waals surface area contributed by atoms with Gasteiger partial charge < -0.3 is 15.3 Å². The predicted octanol–water partition coefficient (Wildman–Crippen LogP) is 0.939. The van der Waals surface area contributed by atoms with Crippen LogP contribution in [-0.2, 0) is 4.79 Å². The SMILES string of the molecule is N#CCCN(C(=O)NCCCC(=O)O)C1CC1. The molecule has 94 valence electrons. The van der Waals surface area contributed by atoms with Crippen molar-refractivity contribution in [2.24, 2.45) is 0 Å². The fourth-order valence-electron chi connectivity index (χ4n) is 1.54. The number of rotatable bonds is 7. The zero-order valence-electron chi connectivity index (χ0n) is 9.69. The summed E-state index contributed by atoms with van der Waals surface area (Å²) in [7, 11) is 0. The minimum atomic E-state index is -0.859. The summed E-state index contributed by atoms with van der Waals surface area (Å²) in [4.78, 5) is 23.7. The second kappa shape index (κ2) is 6.74. The first-order chi connectivity index (χ1) is 8.15. The molecular formula is C11H17N3O3. The molecule has 1 fully saturated rings. The largest absolute Gasteiger partial charge is 0.481 e. The van der Waals surface area contributed by atoms with Crippen LogP contribution >= 0.6 is 0 Å². The number of hydrogen-bond acceptors (Lipinski definition) is 3. The summed E-state index contributed by atoms with van der Waals surface area (Å²) in [6.07, 6.45) is 2.81.